The normalized spacial score (nSPS) is 16.0. The maximum absolute atomic E-state index is 12.7. The van der Waals surface area contributed by atoms with Crippen LogP contribution in [-0.4, -0.2) is 51.0 Å². The van der Waals surface area contributed by atoms with Gasteiger partial charge in [0.2, 0.25) is 15.9 Å². The number of rotatable bonds is 9. The number of hydrogen-bond donors (Lipinski definition) is 1. The second kappa shape index (κ2) is 10.9. The molecule has 1 unspecified atom stereocenters. The number of carbonyl (C=O) groups is 1. The highest BCUT2D eigenvalue weighted by atomic mass is 32.2. The van der Waals surface area contributed by atoms with E-state index in [9.17, 15) is 13.2 Å². The van der Waals surface area contributed by atoms with Crippen LogP contribution in [0.15, 0.2) is 53.4 Å². The minimum absolute atomic E-state index is 0.0577. The summed E-state index contributed by atoms with van der Waals surface area (Å²) < 4.78 is 37.8. The number of benzene rings is 2. The summed E-state index contributed by atoms with van der Waals surface area (Å²) in [7, 11) is -3.50. The van der Waals surface area contributed by atoms with Crippen molar-refractivity contribution in [2.24, 2.45) is 0 Å². The third-order valence-electron chi connectivity index (χ3n) is 5.28. The smallest absolute Gasteiger partial charge is 0.243 e. The predicted octanol–water partition coefficient (Wildman–Crippen LogP) is 3.30. The fraction of sp³-hybridized carbons (Fsp3) is 0.458. The molecule has 2 aromatic rings. The molecule has 1 aliphatic rings. The van der Waals surface area contributed by atoms with E-state index < -0.39 is 10.0 Å². The molecule has 0 spiro atoms. The lowest BCUT2D eigenvalue weighted by Gasteiger charge is -2.26. The van der Waals surface area contributed by atoms with Crippen molar-refractivity contribution in [3.05, 3.63) is 59.7 Å². The Hall–Kier alpha value is -2.42. The minimum Gasteiger partial charge on any atom is -0.491 e. The Morgan fingerprint density at radius 1 is 1.09 bits per heavy atom. The van der Waals surface area contributed by atoms with E-state index in [2.05, 4.69) is 5.32 Å². The van der Waals surface area contributed by atoms with Gasteiger partial charge in [0, 0.05) is 19.5 Å². The number of hydrogen-bond acceptors (Lipinski definition) is 5. The van der Waals surface area contributed by atoms with E-state index in [1.165, 1.54) is 4.31 Å². The number of nitrogens with zero attached hydrogens (tertiary/aromatic N) is 1. The fourth-order valence-electron chi connectivity index (χ4n) is 3.55. The van der Waals surface area contributed by atoms with E-state index >= 15 is 0 Å². The molecule has 1 aliphatic heterocycles. The van der Waals surface area contributed by atoms with E-state index in [0.717, 1.165) is 16.9 Å². The first-order valence-electron chi connectivity index (χ1n) is 11.0. The molecule has 7 nitrogen and oxygen atoms in total. The molecule has 1 heterocycles. The van der Waals surface area contributed by atoms with Gasteiger partial charge in [-0.15, -0.1) is 0 Å². The van der Waals surface area contributed by atoms with Gasteiger partial charge in [0.1, 0.15) is 5.75 Å². The molecule has 1 fully saturated rings. The predicted molar refractivity (Wildman–Crippen MR) is 123 cm³/mol. The molecule has 0 radical (unpaired) electrons. The van der Waals surface area contributed by atoms with Crippen molar-refractivity contribution in [3.63, 3.8) is 0 Å². The fourth-order valence-corrected chi connectivity index (χ4v) is 4.96. The summed E-state index contributed by atoms with van der Waals surface area (Å²) in [5.74, 6) is 0.725. The van der Waals surface area contributed by atoms with E-state index in [1.807, 2.05) is 45.0 Å². The first kappa shape index (κ1) is 24.2. The van der Waals surface area contributed by atoms with Crippen molar-refractivity contribution in [3.8, 4) is 5.75 Å². The van der Waals surface area contributed by atoms with Crippen LogP contribution < -0.4 is 10.1 Å². The van der Waals surface area contributed by atoms with Gasteiger partial charge in [-0.3, -0.25) is 4.79 Å². The van der Waals surface area contributed by atoms with E-state index in [-0.39, 0.29) is 22.9 Å². The summed E-state index contributed by atoms with van der Waals surface area (Å²) in [5, 5.41) is 3.02. The van der Waals surface area contributed by atoms with Crippen molar-refractivity contribution in [1.82, 2.24) is 9.62 Å². The summed E-state index contributed by atoms with van der Waals surface area (Å²) in [6.07, 6.45) is 0.944. The van der Waals surface area contributed by atoms with E-state index in [1.54, 1.807) is 24.3 Å². The van der Waals surface area contributed by atoms with Crippen LogP contribution in [0, 0.1) is 0 Å². The lowest BCUT2D eigenvalue weighted by atomic mass is 10.1. The van der Waals surface area contributed by atoms with Crippen LogP contribution in [0.3, 0.4) is 0 Å². The van der Waals surface area contributed by atoms with Gasteiger partial charge in [0.25, 0.3) is 0 Å². The number of aryl methyl sites for hydroxylation is 1. The molecule has 1 N–H and O–H groups in total. The highest BCUT2D eigenvalue weighted by Gasteiger charge is 2.26. The molecule has 8 heteroatoms. The van der Waals surface area contributed by atoms with Gasteiger partial charge in [-0.05, 0) is 62.6 Å². The molecular weight excluding hydrogens is 428 g/mol. The zero-order valence-electron chi connectivity index (χ0n) is 18.9. The average Bonchev–Trinajstić information content (AvgIpc) is 2.78. The van der Waals surface area contributed by atoms with Gasteiger partial charge < -0.3 is 14.8 Å². The number of morpholine rings is 1. The summed E-state index contributed by atoms with van der Waals surface area (Å²) in [5.41, 5.74) is 1.90. The van der Waals surface area contributed by atoms with Gasteiger partial charge in [-0.25, -0.2) is 8.42 Å². The summed E-state index contributed by atoms with van der Waals surface area (Å²) in [4.78, 5) is 12.7. The van der Waals surface area contributed by atoms with Crippen molar-refractivity contribution in [2.75, 3.05) is 26.3 Å². The van der Waals surface area contributed by atoms with Crippen LogP contribution in [0.1, 0.15) is 44.4 Å². The standard InChI is InChI=1S/C24H32N2O5S/c1-18(2)31-22-6-4-5-21(17-22)19(3)25-24(27)12-9-20-7-10-23(11-8-20)32(28,29)26-13-15-30-16-14-26/h4-8,10-11,17-19H,9,12-16H2,1-3H3,(H,25,27). The Balaban J connectivity index is 1.52. The van der Waals surface area contributed by atoms with Crippen molar-refractivity contribution >= 4 is 15.9 Å². The second-order valence-corrected chi connectivity index (χ2v) is 10.1. The van der Waals surface area contributed by atoms with Crippen LogP contribution in [0.5, 0.6) is 5.75 Å². The van der Waals surface area contributed by atoms with Gasteiger partial charge in [-0.2, -0.15) is 4.31 Å². The van der Waals surface area contributed by atoms with Gasteiger partial charge >= 0.3 is 0 Å². The largest absolute Gasteiger partial charge is 0.491 e. The molecule has 1 saturated heterocycles. The molecule has 32 heavy (non-hydrogen) atoms. The lowest BCUT2D eigenvalue weighted by Crippen LogP contribution is -2.40. The van der Waals surface area contributed by atoms with Crippen LogP contribution in [0.4, 0.5) is 0 Å². The maximum Gasteiger partial charge on any atom is 0.243 e. The SMILES string of the molecule is CC(C)Oc1cccc(C(C)NC(=O)CCc2ccc(S(=O)(=O)N3CCOCC3)cc2)c1. The molecule has 174 valence electrons. The minimum atomic E-state index is -3.50. The van der Waals surface area contributed by atoms with Crippen LogP contribution >= 0.6 is 0 Å². The van der Waals surface area contributed by atoms with Gasteiger partial charge in [-0.1, -0.05) is 24.3 Å². The number of nitrogens with one attached hydrogen (secondary N) is 1. The quantitative estimate of drug-likeness (QED) is 0.621. The molecule has 3 rings (SSSR count). The second-order valence-electron chi connectivity index (χ2n) is 8.19. The Labute approximate surface area is 190 Å². The summed E-state index contributed by atoms with van der Waals surface area (Å²) in [6.45, 7) is 7.46. The molecule has 1 amide bonds. The number of ether oxygens (including phenoxy) is 2. The zero-order chi connectivity index (χ0) is 23.1. The lowest BCUT2D eigenvalue weighted by molar-refractivity contribution is -0.121. The Bertz CT molecular complexity index is 999. The molecule has 0 saturated carbocycles. The first-order valence-corrected chi connectivity index (χ1v) is 12.4. The van der Waals surface area contributed by atoms with E-state index in [4.69, 9.17) is 9.47 Å². The monoisotopic (exact) mass is 460 g/mol. The Morgan fingerprint density at radius 3 is 2.44 bits per heavy atom. The Kier molecular flexibility index (Phi) is 8.28. The number of carbonyl (C=O) groups excluding carboxylic acids is 1. The van der Waals surface area contributed by atoms with Crippen molar-refractivity contribution < 1.29 is 22.7 Å². The first-order chi connectivity index (χ1) is 15.3. The molecule has 0 aliphatic carbocycles. The number of sulfonamides is 1. The molecular formula is C24H32N2O5S. The zero-order valence-corrected chi connectivity index (χ0v) is 19.7. The van der Waals surface area contributed by atoms with Gasteiger partial charge in [0.15, 0.2) is 0 Å². The van der Waals surface area contributed by atoms with Crippen LogP contribution in [0.2, 0.25) is 0 Å². The Morgan fingerprint density at radius 2 is 1.78 bits per heavy atom. The summed E-state index contributed by atoms with van der Waals surface area (Å²) in [6, 6.07) is 14.4. The molecule has 0 bridgehead atoms. The number of amides is 1. The highest BCUT2D eigenvalue weighted by molar-refractivity contribution is 7.89. The molecule has 2 aromatic carbocycles. The third-order valence-corrected chi connectivity index (χ3v) is 7.19. The topological polar surface area (TPSA) is 84.9 Å². The summed E-state index contributed by atoms with van der Waals surface area (Å²) >= 11 is 0. The van der Waals surface area contributed by atoms with E-state index in [0.29, 0.717) is 39.1 Å². The highest BCUT2D eigenvalue weighted by Crippen LogP contribution is 2.21. The molecule has 0 aromatic heterocycles. The average molecular weight is 461 g/mol. The van der Waals surface area contributed by atoms with Crippen molar-refractivity contribution in [1.29, 1.82) is 0 Å². The third kappa shape index (κ3) is 6.54. The van der Waals surface area contributed by atoms with Crippen LogP contribution in [-0.2, 0) is 26.0 Å². The van der Waals surface area contributed by atoms with Crippen molar-refractivity contribution in [2.45, 2.75) is 50.7 Å². The molecule has 1 atom stereocenters. The van der Waals surface area contributed by atoms with Crippen LogP contribution in [0.25, 0.3) is 0 Å². The maximum atomic E-state index is 12.7. The van der Waals surface area contributed by atoms with Gasteiger partial charge in [0.05, 0.1) is 30.3 Å².